The fourth-order valence-electron chi connectivity index (χ4n) is 2.64. The molecule has 2 aromatic carbocycles. The van der Waals surface area contributed by atoms with Gasteiger partial charge >= 0.3 is 0 Å². The number of aromatic nitrogens is 1. The molecule has 0 fully saturated rings. The quantitative estimate of drug-likeness (QED) is 0.543. The zero-order chi connectivity index (χ0) is 19.6. The lowest BCUT2D eigenvalue weighted by molar-refractivity contribution is -0.384. The Balaban J connectivity index is 1.91. The fraction of sp³-hybridized carbons (Fsp3) is 0.158. The molecular formula is C19H18N4O4. The number of carbonyl (C=O) groups is 1. The van der Waals surface area contributed by atoms with Crippen LogP contribution in [0, 0.1) is 17.0 Å². The van der Waals surface area contributed by atoms with Crippen molar-refractivity contribution in [3.05, 3.63) is 70.0 Å². The minimum absolute atomic E-state index is 0.0845. The lowest BCUT2D eigenvalue weighted by Crippen LogP contribution is -2.14. The van der Waals surface area contributed by atoms with E-state index in [1.165, 1.54) is 12.1 Å². The molecule has 0 unspecified atom stereocenters. The van der Waals surface area contributed by atoms with Gasteiger partial charge in [-0.1, -0.05) is 17.3 Å². The number of nitro benzene ring substituents is 1. The Morgan fingerprint density at radius 3 is 2.52 bits per heavy atom. The van der Waals surface area contributed by atoms with Crippen LogP contribution < -0.4 is 10.2 Å². The molecule has 0 radical (unpaired) electrons. The molecule has 3 rings (SSSR count). The maximum absolute atomic E-state index is 12.8. The summed E-state index contributed by atoms with van der Waals surface area (Å²) >= 11 is 0. The molecule has 1 aromatic heterocycles. The molecule has 0 spiro atoms. The van der Waals surface area contributed by atoms with E-state index in [1.807, 2.05) is 31.1 Å². The van der Waals surface area contributed by atoms with Gasteiger partial charge in [0.25, 0.3) is 11.6 Å². The van der Waals surface area contributed by atoms with Crippen molar-refractivity contribution in [3.63, 3.8) is 0 Å². The van der Waals surface area contributed by atoms with Gasteiger partial charge < -0.3 is 14.7 Å². The first-order chi connectivity index (χ1) is 12.9. The van der Waals surface area contributed by atoms with Crippen molar-refractivity contribution in [2.45, 2.75) is 6.92 Å². The number of rotatable bonds is 5. The van der Waals surface area contributed by atoms with Gasteiger partial charge in [-0.05, 0) is 31.2 Å². The van der Waals surface area contributed by atoms with Crippen LogP contribution in [0.5, 0.6) is 0 Å². The van der Waals surface area contributed by atoms with Gasteiger partial charge in [0.15, 0.2) is 0 Å². The second kappa shape index (κ2) is 7.28. The summed E-state index contributed by atoms with van der Waals surface area (Å²) in [5.74, 6) is -0.0632. The second-order valence-electron chi connectivity index (χ2n) is 6.17. The van der Waals surface area contributed by atoms with E-state index in [0.29, 0.717) is 17.0 Å². The van der Waals surface area contributed by atoms with Crippen molar-refractivity contribution in [2.24, 2.45) is 0 Å². The summed E-state index contributed by atoms with van der Waals surface area (Å²) in [6.07, 6.45) is 0. The maximum atomic E-state index is 12.8. The van der Waals surface area contributed by atoms with E-state index in [4.69, 9.17) is 4.52 Å². The lowest BCUT2D eigenvalue weighted by atomic mass is 10.0. The maximum Gasteiger partial charge on any atom is 0.270 e. The highest BCUT2D eigenvalue weighted by atomic mass is 16.6. The van der Waals surface area contributed by atoms with E-state index in [9.17, 15) is 14.9 Å². The van der Waals surface area contributed by atoms with Crippen LogP contribution >= 0.6 is 0 Å². The van der Waals surface area contributed by atoms with E-state index in [-0.39, 0.29) is 16.9 Å². The van der Waals surface area contributed by atoms with Gasteiger partial charge in [0.1, 0.15) is 17.0 Å². The summed E-state index contributed by atoms with van der Waals surface area (Å²) in [7, 11) is 3.86. The largest absolute Gasteiger partial charge is 0.378 e. The molecule has 0 saturated carbocycles. The molecule has 27 heavy (non-hydrogen) atoms. The number of anilines is 2. The summed E-state index contributed by atoms with van der Waals surface area (Å²) in [5, 5.41) is 17.7. The molecule has 8 heteroatoms. The molecule has 1 N–H and O–H groups in total. The molecule has 0 saturated heterocycles. The Morgan fingerprint density at radius 2 is 1.89 bits per heavy atom. The molecular weight excluding hydrogens is 348 g/mol. The van der Waals surface area contributed by atoms with E-state index < -0.39 is 10.8 Å². The normalized spacial score (nSPS) is 10.5. The van der Waals surface area contributed by atoms with Gasteiger partial charge in [-0.15, -0.1) is 0 Å². The zero-order valence-electron chi connectivity index (χ0n) is 15.1. The second-order valence-corrected chi connectivity index (χ2v) is 6.17. The minimum Gasteiger partial charge on any atom is -0.378 e. The predicted molar refractivity (Wildman–Crippen MR) is 102 cm³/mol. The molecule has 0 aliphatic carbocycles. The average Bonchev–Trinajstić information content (AvgIpc) is 3.04. The summed E-state index contributed by atoms with van der Waals surface area (Å²) in [5.41, 5.74) is 2.49. The molecule has 1 amide bonds. The van der Waals surface area contributed by atoms with E-state index in [1.54, 1.807) is 31.2 Å². The zero-order valence-corrected chi connectivity index (χ0v) is 15.1. The molecule has 138 valence electrons. The first-order valence-corrected chi connectivity index (χ1v) is 8.16. The van der Waals surface area contributed by atoms with Crippen molar-refractivity contribution in [2.75, 3.05) is 24.3 Å². The Morgan fingerprint density at radius 1 is 1.19 bits per heavy atom. The first-order valence-electron chi connectivity index (χ1n) is 8.16. The number of hydrogen-bond donors (Lipinski definition) is 1. The standard InChI is InChI=1S/C19H18N4O4/c1-12-17(19(24)20-14-7-9-15(10-8-14)22(2)3)18(21-27-12)13-5-4-6-16(11-13)23(25)26/h4-11H,1-3H3,(H,20,24). The van der Waals surface area contributed by atoms with Gasteiger partial charge in [-0.2, -0.15) is 0 Å². The Labute approximate surface area is 155 Å². The Bertz CT molecular complexity index is 993. The monoisotopic (exact) mass is 366 g/mol. The minimum atomic E-state index is -0.498. The smallest absolute Gasteiger partial charge is 0.270 e. The van der Waals surface area contributed by atoms with Crippen LogP contribution in [0.15, 0.2) is 53.1 Å². The summed E-state index contributed by atoms with van der Waals surface area (Å²) in [4.78, 5) is 25.2. The fourth-order valence-corrected chi connectivity index (χ4v) is 2.64. The number of hydrogen-bond acceptors (Lipinski definition) is 6. The van der Waals surface area contributed by atoms with Gasteiger partial charge in [-0.25, -0.2) is 0 Å². The van der Waals surface area contributed by atoms with E-state index >= 15 is 0 Å². The van der Waals surface area contributed by atoms with Crippen LogP contribution in [0.4, 0.5) is 17.1 Å². The highest BCUT2D eigenvalue weighted by Gasteiger charge is 2.23. The number of nitrogens with one attached hydrogen (secondary N) is 1. The number of aryl methyl sites for hydroxylation is 1. The van der Waals surface area contributed by atoms with Crippen LogP contribution in [-0.2, 0) is 0 Å². The first kappa shape index (κ1) is 18.1. The van der Waals surface area contributed by atoms with E-state index in [0.717, 1.165) is 5.69 Å². The third kappa shape index (κ3) is 3.79. The molecule has 8 nitrogen and oxygen atoms in total. The molecule has 1 heterocycles. The van der Waals surface area contributed by atoms with Crippen LogP contribution in [0.3, 0.4) is 0 Å². The molecule has 0 aliphatic rings. The molecule has 0 aliphatic heterocycles. The van der Waals surface area contributed by atoms with Gasteiger partial charge in [-0.3, -0.25) is 14.9 Å². The van der Waals surface area contributed by atoms with Gasteiger partial charge in [0.2, 0.25) is 0 Å². The number of amides is 1. The predicted octanol–water partition coefficient (Wildman–Crippen LogP) is 3.88. The van der Waals surface area contributed by atoms with Crippen molar-refractivity contribution in [3.8, 4) is 11.3 Å². The van der Waals surface area contributed by atoms with Crippen LogP contribution in [-0.4, -0.2) is 30.1 Å². The van der Waals surface area contributed by atoms with Crippen LogP contribution in [0.1, 0.15) is 16.1 Å². The topological polar surface area (TPSA) is 102 Å². The van der Waals surface area contributed by atoms with Gasteiger partial charge in [0, 0.05) is 43.2 Å². The van der Waals surface area contributed by atoms with Crippen molar-refractivity contribution in [1.82, 2.24) is 5.16 Å². The lowest BCUT2D eigenvalue weighted by Gasteiger charge is -2.13. The number of non-ortho nitro benzene ring substituents is 1. The number of benzene rings is 2. The number of nitrogens with zero attached hydrogens (tertiary/aromatic N) is 3. The summed E-state index contributed by atoms with van der Waals surface area (Å²) in [6, 6.07) is 13.3. The highest BCUT2D eigenvalue weighted by Crippen LogP contribution is 2.29. The average molecular weight is 366 g/mol. The Kier molecular flexibility index (Phi) is 4.89. The molecule has 3 aromatic rings. The summed E-state index contributed by atoms with van der Waals surface area (Å²) in [6.45, 7) is 1.62. The van der Waals surface area contributed by atoms with Crippen molar-refractivity contribution in [1.29, 1.82) is 0 Å². The third-order valence-corrected chi connectivity index (χ3v) is 4.06. The van der Waals surface area contributed by atoms with Crippen molar-refractivity contribution >= 4 is 23.0 Å². The SMILES string of the molecule is Cc1onc(-c2cccc([N+](=O)[O-])c2)c1C(=O)Nc1ccc(N(C)C)cc1. The van der Waals surface area contributed by atoms with Crippen LogP contribution in [0.2, 0.25) is 0 Å². The molecule has 0 bridgehead atoms. The third-order valence-electron chi connectivity index (χ3n) is 4.06. The summed E-state index contributed by atoms with van der Waals surface area (Å²) < 4.78 is 5.17. The molecule has 0 atom stereocenters. The number of nitro groups is 1. The highest BCUT2D eigenvalue weighted by molar-refractivity contribution is 6.08. The van der Waals surface area contributed by atoms with Crippen molar-refractivity contribution < 1.29 is 14.2 Å². The van der Waals surface area contributed by atoms with Gasteiger partial charge in [0.05, 0.1) is 4.92 Å². The number of carbonyl (C=O) groups excluding carboxylic acids is 1. The van der Waals surface area contributed by atoms with E-state index in [2.05, 4.69) is 10.5 Å². The Hall–Kier alpha value is -3.68. The van der Waals surface area contributed by atoms with Crippen LogP contribution in [0.25, 0.3) is 11.3 Å².